The molecule has 0 aliphatic carbocycles. The largest absolute Gasteiger partial charge is 0.499 e. The van der Waals surface area contributed by atoms with Crippen molar-refractivity contribution in [2.75, 3.05) is 13.2 Å². The van der Waals surface area contributed by atoms with E-state index in [1.54, 1.807) is 6.07 Å². The summed E-state index contributed by atoms with van der Waals surface area (Å²) in [6, 6.07) is 4.56. The van der Waals surface area contributed by atoms with Crippen LogP contribution in [-0.2, 0) is 4.74 Å². The maximum Gasteiger partial charge on any atom is 0.382 e. The number of hydrogen-bond acceptors (Lipinski definition) is 10. The Hall–Kier alpha value is -2.37. The number of aliphatic hydroxyl groups is 4. The number of aromatic hydroxyl groups is 1. The number of hydrogen-bond donors (Lipinski definition) is 5. The number of ether oxygens (including phenoxy) is 3. The SMILES string of the molecule is CCCCOc1ccc2c(O[C@H]3O[C@H](CO)[C@@H](O)[C@H](O)[C@@H]3O)c(O)c(=O)oc2c1. The summed E-state index contributed by atoms with van der Waals surface area (Å²) < 4.78 is 21.4. The number of fused-ring (bicyclic) bond motifs is 1. The van der Waals surface area contributed by atoms with Gasteiger partial charge in [0.25, 0.3) is 0 Å². The Balaban J connectivity index is 1.93. The second-order valence-electron chi connectivity index (χ2n) is 6.74. The zero-order valence-corrected chi connectivity index (χ0v) is 15.7. The fraction of sp³-hybridized carbons (Fsp3) is 0.526. The van der Waals surface area contributed by atoms with E-state index in [1.165, 1.54) is 12.1 Å². The van der Waals surface area contributed by atoms with Crippen molar-refractivity contribution in [3.05, 3.63) is 28.6 Å². The minimum atomic E-state index is -1.70. The van der Waals surface area contributed by atoms with Crippen LogP contribution in [0.25, 0.3) is 11.0 Å². The normalized spacial score (nSPS) is 27.1. The van der Waals surface area contributed by atoms with Gasteiger partial charge in [0.05, 0.1) is 18.6 Å². The van der Waals surface area contributed by atoms with Gasteiger partial charge in [0.15, 0.2) is 5.75 Å². The molecule has 10 nitrogen and oxygen atoms in total. The van der Waals surface area contributed by atoms with Crippen molar-refractivity contribution >= 4 is 11.0 Å². The summed E-state index contributed by atoms with van der Waals surface area (Å²) >= 11 is 0. The van der Waals surface area contributed by atoms with Crippen molar-refractivity contribution in [1.82, 2.24) is 0 Å². The van der Waals surface area contributed by atoms with Gasteiger partial charge in [-0.3, -0.25) is 0 Å². The van der Waals surface area contributed by atoms with Gasteiger partial charge in [0.1, 0.15) is 35.7 Å². The highest BCUT2D eigenvalue weighted by Gasteiger charge is 2.45. The van der Waals surface area contributed by atoms with Gasteiger partial charge in [-0.25, -0.2) is 4.79 Å². The van der Waals surface area contributed by atoms with Crippen LogP contribution in [0, 0.1) is 0 Å². The molecule has 1 fully saturated rings. The summed E-state index contributed by atoms with van der Waals surface area (Å²) in [5.41, 5.74) is -1.01. The molecule has 0 amide bonds. The van der Waals surface area contributed by atoms with E-state index in [0.717, 1.165) is 12.8 Å². The quantitative estimate of drug-likeness (QED) is 0.306. The molecule has 5 N–H and O–H groups in total. The summed E-state index contributed by atoms with van der Waals surface area (Å²) in [5, 5.41) is 49.5. The molecular formula is C19H24O10. The minimum absolute atomic E-state index is 0.0707. The average molecular weight is 412 g/mol. The van der Waals surface area contributed by atoms with Gasteiger partial charge in [-0.2, -0.15) is 0 Å². The third-order valence-corrected chi connectivity index (χ3v) is 4.66. The van der Waals surface area contributed by atoms with Crippen molar-refractivity contribution in [2.45, 2.75) is 50.5 Å². The Morgan fingerprint density at radius 3 is 2.59 bits per heavy atom. The highest BCUT2D eigenvalue weighted by molar-refractivity contribution is 5.86. The Morgan fingerprint density at radius 2 is 1.90 bits per heavy atom. The van der Waals surface area contributed by atoms with E-state index in [4.69, 9.17) is 18.6 Å². The molecular weight excluding hydrogens is 388 g/mol. The number of benzene rings is 1. The first-order chi connectivity index (χ1) is 13.9. The molecule has 1 aromatic carbocycles. The van der Waals surface area contributed by atoms with Crippen molar-refractivity contribution in [3.8, 4) is 17.2 Å². The third kappa shape index (κ3) is 4.31. The van der Waals surface area contributed by atoms with Crippen LogP contribution >= 0.6 is 0 Å². The molecule has 1 aliphatic heterocycles. The molecule has 10 heteroatoms. The molecule has 2 aromatic rings. The Kier molecular flexibility index (Phi) is 6.60. The van der Waals surface area contributed by atoms with Gasteiger partial charge in [0.2, 0.25) is 12.0 Å². The Morgan fingerprint density at radius 1 is 1.14 bits per heavy atom. The average Bonchev–Trinajstić information content (AvgIpc) is 2.71. The van der Waals surface area contributed by atoms with Crippen LogP contribution in [0.3, 0.4) is 0 Å². The number of rotatable bonds is 7. The molecule has 0 spiro atoms. The molecule has 2 heterocycles. The molecule has 0 bridgehead atoms. The number of unbranched alkanes of at least 4 members (excludes halogenated alkanes) is 1. The monoisotopic (exact) mass is 412 g/mol. The minimum Gasteiger partial charge on any atom is -0.499 e. The van der Waals surface area contributed by atoms with Crippen LogP contribution in [0.5, 0.6) is 17.2 Å². The second kappa shape index (κ2) is 8.97. The van der Waals surface area contributed by atoms with Gasteiger partial charge in [0, 0.05) is 6.07 Å². The van der Waals surface area contributed by atoms with Crippen LogP contribution < -0.4 is 15.1 Å². The van der Waals surface area contributed by atoms with Crippen LogP contribution in [-0.4, -0.2) is 69.5 Å². The van der Waals surface area contributed by atoms with E-state index in [2.05, 4.69) is 0 Å². The van der Waals surface area contributed by atoms with Crippen molar-refractivity contribution in [3.63, 3.8) is 0 Å². The summed E-state index contributed by atoms with van der Waals surface area (Å²) in [5.74, 6) is -0.728. The second-order valence-corrected chi connectivity index (χ2v) is 6.74. The first kappa shape index (κ1) is 21.3. The van der Waals surface area contributed by atoms with Crippen LogP contribution in [0.1, 0.15) is 19.8 Å². The molecule has 29 heavy (non-hydrogen) atoms. The van der Waals surface area contributed by atoms with E-state index in [1.807, 2.05) is 6.92 Å². The molecule has 1 aromatic heterocycles. The highest BCUT2D eigenvalue weighted by Crippen LogP contribution is 2.36. The molecule has 5 atom stereocenters. The molecule has 0 radical (unpaired) electrons. The standard InChI is InChI=1S/C19H24O10/c1-2-3-6-26-9-4-5-10-11(7-9)27-18(25)16(24)17(10)29-19-15(23)14(22)13(21)12(8-20)28-19/h4-5,7,12-15,19-24H,2-3,6,8H2,1H3/t12-,13-,14+,15+,19-/m1/s1. The molecule has 3 rings (SSSR count). The zero-order chi connectivity index (χ0) is 21.1. The lowest BCUT2D eigenvalue weighted by Crippen LogP contribution is -2.60. The molecule has 1 saturated heterocycles. The van der Waals surface area contributed by atoms with Crippen LogP contribution in [0.4, 0.5) is 0 Å². The van der Waals surface area contributed by atoms with Gasteiger partial charge >= 0.3 is 5.63 Å². The van der Waals surface area contributed by atoms with Gasteiger partial charge < -0.3 is 44.2 Å². The fourth-order valence-electron chi connectivity index (χ4n) is 2.97. The first-order valence-corrected chi connectivity index (χ1v) is 9.27. The van der Waals surface area contributed by atoms with E-state index in [9.17, 15) is 30.3 Å². The Labute approximate surface area is 165 Å². The number of aliphatic hydroxyl groups excluding tert-OH is 4. The summed E-state index contributed by atoms with van der Waals surface area (Å²) in [6.45, 7) is 1.86. The van der Waals surface area contributed by atoms with E-state index < -0.39 is 48.7 Å². The smallest absolute Gasteiger partial charge is 0.382 e. The van der Waals surface area contributed by atoms with Gasteiger partial charge in [-0.05, 0) is 18.6 Å². The molecule has 0 unspecified atom stereocenters. The predicted molar refractivity (Wildman–Crippen MR) is 98.9 cm³/mol. The maximum atomic E-state index is 12.0. The summed E-state index contributed by atoms with van der Waals surface area (Å²) in [4.78, 5) is 12.0. The lowest BCUT2D eigenvalue weighted by molar-refractivity contribution is -0.277. The highest BCUT2D eigenvalue weighted by atomic mass is 16.7. The summed E-state index contributed by atoms with van der Waals surface area (Å²) in [7, 11) is 0. The van der Waals surface area contributed by atoms with Crippen molar-refractivity contribution < 1.29 is 44.2 Å². The predicted octanol–water partition coefficient (Wildman–Crippen LogP) is -0.144. The maximum absolute atomic E-state index is 12.0. The summed E-state index contributed by atoms with van der Waals surface area (Å²) in [6.07, 6.45) is -5.91. The zero-order valence-electron chi connectivity index (χ0n) is 15.7. The first-order valence-electron chi connectivity index (χ1n) is 9.27. The molecule has 0 saturated carbocycles. The Bertz CT molecular complexity index is 892. The van der Waals surface area contributed by atoms with E-state index >= 15 is 0 Å². The molecule has 1 aliphatic rings. The van der Waals surface area contributed by atoms with Gasteiger partial charge in [-0.15, -0.1) is 0 Å². The van der Waals surface area contributed by atoms with Crippen molar-refractivity contribution in [1.29, 1.82) is 0 Å². The topological polar surface area (TPSA) is 159 Å². The fourth-order valence-corrected chi connectivity index (χ4v) is 2.97. The molecule has 160 valence electrons. The lowest BCUT2D eigenvalue weighted by Gasteiger charge is -2.39. The van der Waals surface area contributed by atoms with Crippen LogP contribution in [0.2, 0.25) is 0 Å². The van der Waals surface area contributed by atoms with E-state index in [0.29, 0.717) is 12.4 Å². The third-order valence-electron chi connectivity index (χ3n) is 4.66. The van der Waals surface area contributed by atoms with E-state index in [-0.39, 0.29) is 16.7 Å². The van der Waals surface area contributed by atoms with Crippen molar-refractivity contribution in [2.24, 2.45) is 0 Å². The lowest BCUT2D eigenvalue weighted by atomic mass is 9.99. The van der Waals surface area contributed by atoms with Gasteiger partial charge in [-0.1, -0.05) is 13.3 Å². The van der Waals surface area contributed by atoms with Crippen LogP contribution in [0.15, 0.2) is 27.4 Å².